The van der Waals surface area contributed by atoms with E-state index in [9.17, 15) is 4.79 Å². The van der Waals surface area contributed by atoms with Gasteiger partial charge >= 0.3 is 5.97 Å². The number of hydrogen-bond donors (Lipinski definition) is 1. The molecule has 0 aliphatic carbocycles. The zero-order valence-electron chi connectivity index (χ0n) is 6.37. The minimum absolute atomic E-state index is 0.355. The van der Waals surface area contributed by atoms with Crippen LogP contribution in [0.1, 0.15) is 10.4 Å². The summed E-state index contributed by atoms with van der Waals surface area (Å²) in [4.78, 5) is 11.8. The van der Waals surface area contributed by atoms with Gasteiger partial charge in [0, 0.05) is 9.37 Å². The third-order valence-corrected chi connectivity index (χ3v) is 2.02. The summed E-state index contributed by atoms with van der Waals surface area (Å²) in [7, 11) is 1.35. The van der Waals surface area contributed by atoms with E-state index in [1.165, 1.54) is 7.11 Å². The molecular weight excluding hydrogens is 240 g/mol. The van der Waals surface area contributed by atoms with Crippen LogP contribution in [0.3, 0.4) is 0 Å². The largest absolute Gasteiger partial charge is 0.465 e. The molecule has 0 unspecified atom stereocenters. The highest BCUT2D eigenvalue weighted by Crippen LogP contribution is 2.18. The molecule has 0 radical (unpaired) electrons. The molecule has 0 aliphatic heterocycles. The van der Waals surface area contributed by atoms with Gasteiger partial charge in [-0.15, -0.1) is 12.6 Å². The van der Waals surface area contributed by atoms with Gasteiger partial charge in [0.25, 0.3) is 0 Å². The fraction of sp³-hybridized carbons (Fsp3) is 0.125. The number of carbonyl (C=O) groups excluding carboxylic acids is 1. The quantitative estimate of drug-likeness (QED) is 0.609. The highest BCUT2D eigenvalue weighted by Gasteiger charge is 2.05. The van der Waals surface area contributed by atoms with E-state index in [4.69, 9.17) is 0 Å². The topological polar surface area (TPSA) is 26.3 Å². The molecule has 4 heteroatoms. The van der Waals surface area contributed by atoms with Crippen molar-refractivity contribution in [2.24, 2.45) is 0 Å². The van der Waals surface area contributed by atoms with Crippen molar-refractivity contribution in [3.05, 3.63) is 28.2 Å². The van der Waals surface area contributed by atoms with Crippen molar-refractivity contribution in [3.8, 4) is 0 Å². The first-order valence-corrected chi connectivity index (χ1v) is 4.45. The Morgan fingerprint density at radius 3 is 2.67 bits per heavy atom. The number of benzene rings is 1. The van der Waals surface area contributed by atoms with Crippen molar-refractivity contribution in [2.75, 3.05) is 7.11 Å². The SMILES string of the molecule is COC(=O)c1cc(S)cc(Br)c1. The Balaban J connectivity index is 3.08. The first-order chi connectivity index (χ1) is 5.63. The zero-order valence-corrected chi connectivity index (χ0v) is 8.85. The minimum Gasteiger partial charge on any atom is -0.465 e. The summed E-state index contributed by atoms with van der Waals surface area (Å²) >= 11 is 7.37. The van der Waals surface area contributed by atoms with Crippen LogP contribution in [0.25, 0.3) is 0 Å². The van der Waals surface area contributed by atoms with E-state index in [2.05, 4.69) is 33.3 Å². The third-order valence-electron chi connectivity index (χ3n) is 1.30. The van der Waals surface area contributed by atoms with Gasteiger partial charge in [0.2, 0.25) is 0 Å². The summed E-state index contributed by atoms with van der Waals surface area (Å²) in [6.45, 7) is 0. The number of esters is 1. The molecular formula is C8H7BrO2S. The van der Waals surface area contributed by atoms with Gasteiger partial charge in [-0.3, -0.25) is 0 Å². The van der Waals surface area contributed by atoms with E-state index >= 15 is 0 Å². The molecule has 0 bridgehead atoms. The molecule has 0 aromatic heterocycles. The summed E-state index contributed by atoms with van der Waals surface area (Å²) in [5, 5.41) is 0. The second-order valence-corrected chi connectivity index (χ2v) is 3.62. The van der Waals surface area contributed by atoms with E-state index in [0.29, 0.717) is 5.56 Å². The van der Waals surface area contributed by atoms with Crippen LogP contribution < -0.4 is 0 Å². The summed E-state index contributed by atoms with van der Waals surface area (Å²) < 4.78 is 5.37. The number of halogens is 1. The number of thiol groups is 1. The molecule has 0 N–H and O–H groups in total. The molecule has 64 valence electrons. The van der Waals surface area contributed by atoms with E-state index in [-0.39, 0.29) is 5.97 Å². The predicted molar refractivity (Wildman–Crippen MR) is 52.7 cm³/mol. The molecule has 0 spiro atoms. The molecule has 0 aliphatic rings. The third kappa shape index (κ3) is 2.25. The average molecular weight is 247 g/mol. The lowest BCUT2D eigenvalue weighted by atomic mass is 10.2. The Morgan fingerprint density at radius 2 is 2.17 bits per heavy atom. The summed E-state index contributed by atoms with van der Waals surface area (Å²) in [5.41, 5.74) is 0.497. The maximum absolute atomic E-state index is 11.0. The Hall–Kier alpha value is -0.480. The first-order valence-electron chi connectivity index (χ1n) is 3.21. The van der Waals surface area contributed by atoms with Crippen LogP contribution >= 0.6 is 28.6 Å². The molecule has 0 atom stereocenters. The molecule has 0 fully saturated rings. The van der Waals surface area contributed by atoms with Crippen LogP contribution in [0.2, 0.25) is 0 Å². The summed E-state index contributed by atoms with van der Waals surface area (Å²) in [6, 6.07) is 5.14. The van der Waals surface area contributed by atoms with Crippen LogP contribution in [-0.2, 0) is 4.74 Å². The number of methoxy groups -OCH3 is 1. The monoisotopic (exact) mass is 246 g/mol. The van der Waals surface area contributed by atoms with Gasteiger partial charge in [-0.1, -0.05) is 15.9 Å². The van der Waals surface area contributed by atoms with Gasteiger partial charge < -0.3 is 4.74 Å². The number of hydrogen-bond acceptors (Lipinski definition) is 3. The van der Waals surface area contributed by atoms with Crippen molar-refractivity contribution >= 4 is 34.5 Å². The van der Waals surface area contributed by atoms with E-state index in [0.717, 1.165) is 9.37 Å². The smallest absolute Gasteiger partial charge is 0.337 e. The van der Waals surface area contributed by atoms with Crippen molar-refractivity contribution in [1.29, 1.82) is 0 Å². The molecule has 1 aromatic rings. The Morgan fingerprint density at radius 1 is 1.50 bits per heavy atom. The molecule has 12 heavy (non-hydrogen) atoms. The highest BCUT2D eigenvalue weighted by atomic mass is 79.9. The number of carbonyl (C=O) groups is 1. The van der Waals surface area contributed by atoms with Crippen LogP contribution in [0.5, 0.6) is 0 Å². The maximum Gasteiger partial charge on any atom is 0.337 e. The molecule has 0 saturated carbocycles. The standard InChI is InChI=1S/C8H7BrO2S/c1-11-8(10)5-2-6(9)4-7(12)3-5/h2-4,12H,1H3. The number of ether oxygens (including phenoxy) is 1. The Kier molecular flexibility index (Phi) is 3.17. The lowest BCUT2D eigenvalue weighted by Gasteiger charge is -2.00. The second kappa shape index (κ2) is 3.96. The second-order valence-electron chi connectivity index (χ2n) is 2.19. The normalized spacial score (nSPS) is 9.58. The van der Waals surface area contributed by atoms with E-state index < -0.39 is 0 Å². The van der Waals surface area contributed by atoms with E-state index in [1.807, 2.05) is 0 Å². The van der Waals surface area contributed by atoms with Crippen molar-refractivity contribution in [3.63, 3.8) is 0 Å². The van der Waals surface area contributed by atoms with Gasteiger partial charge in [0.1, 0.15) is 0 Å². The van der Waals surface area contributed by atoms with Gasteiger partial charge in [-0.2, -0.15) is 0 Å². The summed E-state index contributed by atoms with van der Waals surface area (Å²) in [5.74, 6) is -0.355. The van der Waals surface area contributed by atoms with Crippen LogP contribution in [0.4, 0.5) is 0 Å². The van der Waals surface area contributed by atoms with Crippen molar-refractivity contribution < 1.29 is 9.53 Å². The predicted octanol–water partition coefficient (Wildman–Crippen LogP) is 2.52. The van der Waals surface area contributed by atoms with Gasteiger partial charge in [0.05, 0.1) is 12.7 Å². The summed E-state index contributed by atoms with van der Waals surface area (Å²) in [6.07, 6.45) is 0. The van der Waals surface area contributed by atoms with Gasteiger partial charge in [-0.05, 0) is 18.2 Å². The van der Waals surface area contributed by atoms with Gasteiger partial charge in [-0.25, -0.2) is 4.79 Å². The molecule has 0 heterocycles. The highest BCUT2D eigenvalue weighted by molar-refractivity contribution is 9.10. The minimum atomic E-state index is -0.355. The zero-order chi connectivity index (χ0) is 9.14. The molecule has 0 amide bonds. The lowest BCUT2D eigenvalue weighted by Crippen LogP contribution is -2.00. The van der Waals surface area contributed by atoms with Crippen LogP contribution in [0.15, 0.2) is 27.6 Å². The van der Waals surface area contributed by atoms with Gasteiger partial charge in [0.15, 0.2) is 0 Å². The molecule has 0 saturated heterocycles. The Labute approximate surface area is 84.5 Å². The van der Waals surface area contributed by atoms with Crippen molar-refractivity contribution in [2.45, 2.75) is 4.90 Å². The van der Waals surface area contributed by atoms with Crippen LogP contribution in [-0.4, -0.2) is 13.1 Å². The van der Waals surface area contributed by atoms with Crippen LogP contribution in [0, 0.1) is 0 Å². The van der Waals surface area contributed by atoms with E-state index in [1.54, 1.807) is 18.2 Å². The molecule has 2 nitrogen and oxygen atoms in total. The fourth-order valence-corrected chi connectivity index (χ4v) is 1.76. The molecule has 1 rings (SSSR count). The lowest BCUT2D eigenvalue weighted by molar-refractivity contribution is 0.0600. The maximum atomic E-state index is 11.0. The van der Waals surface area contributed by atoms with Crippen molar-refractivity contribution in [1.82, 2.24) is 0 Å². The Bertz CT molecular complexity index is 292. The fourth-order valence-electron chi connectivity index (χ4n) is 0.810. The first kappa shape index (κ1) is 9.61. The molecule has 1 aromatic carbocycles. The average Bonchev–Trinajstić information content (AvgIpc) is 2.01. The number of rotatable bonds is 1.